The molecule has 16 heavy (non-hydrogen) atoms. The van der Waals surface area contributed by atoms with Crippen LogP contribution in [0.5, 0.6) is 0 Å². The third-order valence-corrected chi connectivity index (χ3v) is 2.72. The molecule has 0 bridgehead atoms. The van der Waals surface area contributed by atoms with Crippen LogP contribution in [0.2, 0.25) is 0 Å². The molecule has 1 N–H and O–H groups in total. The van der Waals surface area contributed by atoms with E-state index in [-0.39, 0.29) is 12.1 Å². The topological polar surface area (TPSA) is 47.6 Å². The van der Waals surface area contributed by atoms with E-state index in [1.807, 2.05) is 27.7 Å². The average Bonchev–Trinajstić information content (AvgIpc) is 2.16. The summed E-state index contributed by atoms with van der Waals surface area (Å²) in [5.41, 5.74) is -0.431. The molecular weight excluding hydrogens is 206 g/mol. The van der Waals surface area contributed by atoms with Crippen molar-refractivity contribution in [3.63, 3.8) is 0 Å². The molecule has 1 atom stereocenters. The Bertz CT molecular complexity index is 229. The van der Waals surface area contributed by atoms with Crippen LogP contribution in [0, 0.1) is 5.92 Å². The van der Waals surface area contributed by atoms with Gasteiger partial charge in [-0.2, -0.15) is 0 Å². The molecule has 1 amide bonds. The van der Waals surface area contributed by atoms with E-state index in [2.05, 4.69) is 5.32 Å². The van der Waals surface area contributed by atoms with Crippen LogP contribution in [0.4, 0.5) is 4.79 Å². The van der Waals surface area contributed by atoms with Crippen molar-refractivity contribution in [2.24, 2.45) is 5.92 Å². The molecule has 0 saturated carbocycles. The summed E-state index contributed by atoms with van der Waals surface area (Å²) < 4.78 is 10.5. The quantitative estimate of drug-likeness (QED) is 0.790. The van der Waals surface area contributed by atoms with Crippen LogP contribution >= 0.6 is 0 Å². The van der Waals surface area contributed by atoms with Crippen molar-refractivity contribution in [1.82, 2.24) is 5.32 Å². The summed E-state index contributed by atoms with van der Waals surface area (Å²) in [5.74, 6) is 0.501. The van der Waals surface area contributed by atoms with Gasteiger partial charge in [0.1, 0.15) is 5.60 Å². The van der Waals surface area contributed by atoms with E-state index in [4.69, 9.17) is 9.47 Å². The molecule has 0 aromatic carbocycles. The third kappa shape index (κ3) is 4.84. The number of amides is 1. The molecule has 1 unspecified atom stereocenters. The maximum absolute atomic E-state index is 11.5. The van der Waals surface area contributed by atoms with Crippen molar-refractivity contribution < 1.29 is 14.3 Å². The summed E-state index contributed by atoms with van der Waals surface area (Å²) in [5, 5.41) is 2.89. The summed E-state index contributed by atoms with van der Waals surface area (Å²) in [4.78, 5) is 11.5. The number of nitrogens with one attached hydrogen (secondary N) is 1. The predicted octanol–water partition coefficient (Wildman–Crippen LogP) is 2.33. The minimum Gasteiger partial charge on any atom is -0.444 e. The second-order valence-electron chi connectivity index (χ2n) is 5.38. The smallest absolute Gasteiger partial charge is 0.407 e. The Hall–Kier alpha value is -0.770. The second-order valence-corrected chi connectivity index (χ2v) is 5.38. The van der Waals surface area contributed by atoms with Crippen LogP contribution in [0.3, 0.4) is 0 Å². The minimum absolute atomic E-state index is 0.152. The molecule has 0 spiro atoms. The third-order valence-electron chi connectivity index (χ3n) is 2.72. The lowest BCUT2D eigenvalue weighted by molar-refractivity contribution is 0.0370. The fourth-order valence-corrected chi connectivity index (χ4v) is 1.83. The van der Waals surface area contributed by atoms with Gasteiger partial charge in [-0.05, 0) is 46.5 Å². The number of alkyl carbamates (subject to hydrolysis) is 1. The zero-order valence-corrected chi connectivity index (χ0v) is 10.7. The van der Waals surface area contributed by atoms with E-state index in [9.17, 15) is 4.79 Å². The fraction of sp³-hybridized carbons (Fsp3) is 0.917. The molecule has 0 aromatic rings. The molecule has 94 valence electrons. The Labute approximate surface area is 97.7 Å². The molecule has 1 aliphatic heterocycles. The number of hydrogen-bond donors (Lipinski definition) is 1. The summed E-state index contributed by atoms with van der Waals surface area (Å²) in [6, 6.07) is 0.152. The van der Waals surface area contributed by atoms with Crippen molar-refractivity contribution in [3.8, 4) is 0 Å². The van der Waals surface area contributed by atoms with Crippen molar-refractivity contribution in [3.05, 3.63) is 0 Å². The van der Waals surface area contributed by atoms with E-state index in [1.54, 1.807) is 0 Å². The van der Waals surface area contributed by atoms with E-state index >= 15 is 0 Å². The summed E-state index contributed by atoms with van der Waals surface area (Å²) in [6.45, 7) is 9.22. The van der Waals surface area contributed by atoms with E-state index < -0.39 is 5.60 Å². The fourth-order valence-electron chi connectivity index (χ4n) is 1.83. The maximum Gasteiger partial charge on any atom is 0.407 e. The molecule has 1 aliphatic rings. The lowest BCUT2D eigenvalue weighted by Gasteiger charge is -2.29. The molecule has 1 heterocycles. The first-order chi connectivity index (χ1) is 7.38. The molecule has 1 saturated heterocycles. The molecule has 0 radical (unpaired) electrons. The first kappa shape index (κ1) is 13.3. The van der Waals surface area contributed by atoms with Crippen LogP contribution in [0.25, 0.3) is 0 Å². The highest BCUT2D eigenvalue weighted by Gasteiger charge is 2.24. The van der Waals surface area contributed by atoms with Gasteiger partial charge in [-0.15, -0.1) is 0 Å². The maximum atomic E-state index is 11.5. The van der Waals surface area contributed by atoms with Gasteiger partial charge in [0.05, 0.1) is 0 Å². The Morgan fingerprint density at radius 2 is 1.94 bits per heavy atom. The average molecular weight is 229 g/mol. The van der Waals surface area contributed by atoms with Crippen molar-refractivity contribution in [2.75, 3.05) is 13.2 Å². The van der Waals surface area contributed by atoms with Crippen LogP contribution in [0.15, 0.2) is 0 Å². The van der Waals surface area contributed by atoms with Gasteiger partial charge in [0, 0.05) is 19.3 Å². The Morgan fingerprint density at radius 3 is 2.44 bits per heavy atom. The zero-order valence-electron chi connectivity index (χ0n) is 10.7. The van der Waals surface area contributed by atoms with Crippen LogP contribution in [-0.2, 0) is 9.47 Å². The van der Waals surface area contributed by atoms with Gasteiger partial charge in [0.2, 0.25) is 0 Å². The van der Waals surface area contributed by atoms with Gasteiger partial charge in [-0.25, -0.2) is 4.79 Å². The second kappa shape index (κ2) is 5.53. The van der Waals surface area contributed by atoms with Gasteiger partial charge < -0.3 is 14.8 Å². The molecule has 0 aliphatic carbocycles. The highest BCUT2D eigenvalue weighted by molar-refractivity contribution is 5.68. The molecule has 0 aromatic heterocycles. The van der Waals surface area contributed by atoms with Gasteiger partial charge in [0.15, 0.2) is 0 Å². The largest absolute Gasteiger partial charge is 0.444 e. The van der Waals surface area contributed by atoms with E-state index in [1.165, 1.54) is 0 Å². The van der Waals surface area contributed by atoms with E-state index in [0.29, 0.717) is 5.92 Å². The van der Waals surface area contributed by atoms with Crippen molar-refractivity contribution in [1.29, 1.82) is 0 Å². The first-order valence-electron chi connectivity index (χ1n) is 5.96. The van der Waals surface area contributed by atoms with Gasteiger partial charge in [0.25, 0.3) is 0 Å². The Balaban J connectivity index is 2.32. The normalized spacial score (nSPS) is 20.2. The van der Waals surface area contributed by atoms with E-state index in [0.717, 1.165) is 26.1 Å². The molecular formula is C12H23NO3. The molecule has 4 heteroatoms. The number of hydrogen-bond acceptors (Lipinski definition) is 3. The van der Waals surface area contributed by atoms with Crippen LogP contribution in [0.1, 0.15) is 40.5 Å². The minimum atomic E-state index is -0.431. The molecule has 4 nitrogen and oxygen atoms in total. The standard InChI is InChI=1S/C12H23NO3/c1-9(10-5-7-15-8-6-10)13-11(14)16-12(2,3)4/h9-10H,5-8H2,1-4H3,(H,13,14). The van der Waals surface area contributed by atoms with Crippen molar-refractivity contribution in [2.45, 2.75) is 52.2 Å². The summed E-state index contributed by atoms with van der Waals surface area (Å²) in [7, 11) is 0. The van der Waals surface area contributed by atoms with Crippen LogP contribution < -0.4 is 5.32 Å². The van der Waals surface area contributed by atoms with Gasteiger partial charge >= 0.3 is 6.09 Å². The summed E-state index contributed by atoms with van der Waals surface area (Å²) in [6.07, 6.45) is 1.69. The zero-order chi connectivity index (χ0) is 12.2. The van der Waals surface area contributed by atoms with Crippen molar-refractivity contribution >= 4 is 6.09 Å². The number of ether oxygens (including phenoxy) is 2. The monoisotopic (exact) mass is 229 g/mol. The summed E-state index contributed by atoms with van der Waals surface area (Å²) >= 11 is 0. The lowest BCUT2D eigenvalue weighted by atomic mass is 9.93. The number of carbonyl (C=O) groups is 1. The lowest BCUT2D eigenvalue weighted by Crippen LogP contribution is -2.42. The first-order valence-corrected chi connectivity index (χ1v) is 5.96. The SMILES string of the molecule is CC(NC(=O)OC(C)(C)C)C1CCOCC1. The number of carbonyl (C=O) groups excluding carboxylic acids is 1. The highest BCUT2D eigenvalue weighted by Crippen LogP contribution is 2.18. The van der Waals surface area contributed by atoms with Gasteiger partial charge in [-0.1, -0.05) is 0 Å². The van der Waals surface area contributed by atoms with Gasteiger partial charge in [-0.3, -0.25) is 0 Å². The van der Waals surface area contributed by atoms with Crippen LogP contribution in [-0.4, -0.2) is 30.9 Å². The highest BCUT2D eigenvalue weighted by atomic mass is 16.6. The Morgan fingerprint density at radius 1 is 1.38 bits per heavy atom. The predicted molar refractivity (Wildman–Crippen MR) is 62.4 cm³/mol. The molecule has 1 rings (SSSR count). The number of rotatable bonds is 2. The Kier molecular flexibility index (Phi) is 4.59. The molecule has 1 fully saturated rings.